The number of fused-ring (bicyclic) bond motifs is 1. The first kappa shape index (κ1) is 20.2. The van der Waals surface area contributed by atoms with Crippen LogP contribution in [0, 0.1) is 10.8 Å². The van der Waals surface area contributed by atoms with Gasteiger partial charge in [-0.25, -0.2) is 4.98 Å². The van der Waals surface area contributed by atoms with Crippen LogP contribution in [0.4, 0.5) is 5.82 Å². The third-order valence-corrected chi connectivity index (χ3v) is 4.80. The summed E-state index contributed by atoms with van der Waals surface area (Å²) in [7, 11) is 0. The molecule has 0 aliphatic carbocycles. The summed E-state index contributed by atoms with van der Waals surface area (Å²) in [4.78, 5) is 31.8. The van der Waals surface area contributed by atoms with E-state index in [-0.39, 0.29) is 23.7 Å². The molecule has 2 aromatic rings. The van der Waals surface area contributed by atoms with Crippen LogP contribution in [-0.2, 0) is 17.9 Å². The molecule has 1 aromatic heterocycles. The van der Waals surface area contributed by atoms with Crippen LogP contribution in [0.1, 0.15) is 48.0 Å². The zero-order chi connectivity index (χ0) is 21.1. The molecule has 8 heteroatoms. The largest absolute Gasteiger partial charge is 0.352 e. The van der Waals surface area contributed by atoms with Gasteiger partial charge in [-0.05, 0) is 43.2 Å². The van der Waals surface area contributed by atoms with Crippen LogP contribution in [-0.4, -0.2) is 39.9 Å². The predicted molar refractivity (Wildman–Crippen MR) is 111 cm³/mol. The molecule has 0 saturated carbocycles. The summed E-state index contributed by atoms with van der Waals surface area (Å²) < 4.78 is 0. The Bertz CT molecular complexity index is 985. The third kappa shape index (κ3) is 4.01. The Balaban J connectivity index is 1.90. The monoisotopic (exact) mass is 392 g/mol. The molecule has 1 aliphatic heterocycles. The summed E-state index contributed by atoms with van der Waals surface area (Å²) in [5, 5.41) is 18.7. The van der Waals surface area contributed by atoms with Crippen LogP contribution < -0.4 is 10.2 Å². The minimum Gasteiger partial charge on any atom is -0.352 e. The van der Waals surface area contributed by atoms with Crippen molar-refractivity contribution in [2.75, 3.05) is 4.90 Å². The Hall–Kier alpha value is -3.55. The van der Waals surface area contributed by atoms with E-state index in [0.717, 1.165) is 17.5 Å². The van der Waals surface area contributed by atoms with Crippen molar-refractivity contribution >= 4 is 29.8 Å². The van der Waals surface area contributed by atoms with Gasteiger partial charge in [-0.3, -0.25) is 25.3 Å². The molecule has 1 aliphatic rings. The number of pyridine rings is 1. The second-order valence-electron chi connectivity index (χ2n) is 7.10. The summed E-state index contributed by atoms with van der Waals surface area (Å²) in [6.45, 7) is 5.95. The van der Waals surface area contributed by atoms with Crippen molar-refractivity contribution in [1.82, 2.24) is 15.2 Å². The van der Waals surface area contributed by atoms with Gasteiger partial charge in [0.1, 0.15) is 11.5 Å². The Labute approximate surface area is 169 Å². The maximum absolute atomic E-state index is 13.0. The van der Waals surface area contributed by atoms with Crippen LogP contribution in [0.5, 0.6) is 0 Å². The van der Waals surface area contributed by atoms with Crippen LogP contribution in [0.2, 0.25) is 0 Å². The number of aromatic nitrogens is 1. The number of amides is 2. The number of carbonyl (C=O) groups is 2. The topological polar surface area (TPSA) is 113 Å². The van der Waals surface area contributed by atoms with Crippen molar-refractivity contribution in [2.45, 2.75) is 39.9 Å². The fraction of sp³-hybridized carbons (Fsp3) is 0.286. The summed E-state index contributed by atoms with van der Waals surface area (Å²) in [5.74, 6) is 0.270. The van der Waals surface area contributed by atoms with E-state index in [9.17, 15) is 9.59 Å². The zero-order valence-corrected chi connectivity index (χ0v) is 16.7. The molecule has 8 nitrogen and oxygen atoms in total. The number of carbonyl (C=O) groups excluding carboxylic acids is 2. The molecule has 150 valence electrons. The maximum Gasteiger partial charge on any atom is 0.260 e. The smallest absolute Gasteiger partial charge is 0.260 e. The molecule has 2 amide bonds. The van der Waals surface area contributed by atoms with Crippen LogP contribution in [0.25, 0.3) is 0 Å². The highest BCUT2D eigenvalue weighted by atomic mass is 16.2. The van der Waals surface area contributed by atoms with Crippen molar-refractivity contribution in [3.8, 4) is 0 Å². The average Bonchev–Trinajstić information content (AvgIpc) is 3.04. The first-order chi connectivity index (χ1) is 13.8. The van der Waals surface area contributed by atoms with Crippen molar-refractivity contribution < 1.29 is 9.59 Å². The number of rotatable bonds is 6. The molecule has 0 atom stereocenters. The van der Waals surface area contributed by atoms with Gasteiger partial charge in [-0.2, -0.15) is 0 Å². The molecule has 0 saturated heterocycles. The van der Waals surface area contributed by atoms with E-state index in [4.69, 9.17) is 10.8 Å². The minimum atomic E-state index is -0.159. The Morgan fingerprint density at radius 3 is 2.69 bits per heavy atom. The van der Waals surface area contributed by atoms with E-state index in [1.165, 1.54) is 11.8 Å². The number of hydrogen-bond acceptors (Lipinski definition) is 5. The molecule has 0 bridgehead atoms. The number of anilines is 1. The number of nitrogens with one attached hydrogen (secondary N) is 3. The van der Waals surface area contributed by atoms with Crippen molar-refractivity contribution in [1.29, 1.82) is 10.8 Å². The van der Waals surface area contributed by atoms with Gasteiger partial charge in [0, 0.05) is 25.1 Å². The van der Waals surface area contributed by atoms with Gasteiger partial charge >= 0.3 is 0 Å². The molecule has 2 heterocycles. The van der Waals surface area contributed by atoms with E-state index in [0.29, 0.717) is 30.2 Å². The van der Waals surface area contributed by atoms with Gasteiger partial charge in [0.2, 0.25) is 5.91 Å². The molecular weight excluding hydrogens is 368 g/mol. The molecular formula is C21H24N6O2. The van der Waals surface area contributed by atoms with Crippen molar-refractivity contribution in [3.63, 3.8) is 0 Å². The molecule has 1 aromatic carbocycles. The molecule has 0 spiro atoms. The highest BCUT2D eigenvalue weighted by Crippen LogP contribution is 2.29. The van der Waals surface area contributed by atoms with Crippen LogP contribution in [0.3, 0.4) is 0 Å². The molecule has 0 fully saturated rings. The lowest BCUT2D eigenvalue weighted by atomic mass is 10.0. The predicted octanol–water partition coefficient (Wildman–Crippen LogP) is 2.52. The number of benzene rings is 1. The van der Waals surface area contributed by atoms with Crippen molar-refractivity contribution in [3.05, 3.63) is 58.8 Å². The van der Waals surface area contributed by atoms with E-state index in [2.05, 4.69) is 10.3 Å². The number of hydrogen-bond donors (Lipinski definition) is 3. The highest BCUT2D eigenvalue weighted by Gasteiger charge is 2.31. The average molecular weight is 392 g/mol. The Kier molecular flexibility index (Phi) is 5.72. The summed E-state index contributed by atoms with van der Waals surface area (Å²) in [6, 6.07) is 10.6. The van der Waals surface area contributed by atoms with Gasteiger partial charge in [0.05, 0.1) is 12.9 Å². The minimum absolute atomic E-state index is 0.0561. The first-order valence-electron chi connectivity index (χ1n) is 9.35. The molecule has 29 heavy (non-hydrogen) atoms. The standard InChI is InChI=1S/C21H24N6O2/c1-13(2)27(12-22)20(23)18-8-5-9-19(25-18)26-11-17-15(10-24-14(3)28)6-4-7-16(17)21(26)29/h4-9,12-13,22-23H,10-11H2,1-3H3,(H,24,28). The zero-order valence-electron chi connectivity index (χ0n) is 16.7. The highest BCUT2D eigenvalue weighted by molar-refractivity contribution is 6.10. The number of amidine groups is 1. The van der Waals surface area contributed by atoms with E-state index in [1.807, 2.05) is 26.0 Å². The Morgan fingerprint density at radius 1 is 1.31 bits per heavy atom. The van der Waals surface area contributed by atoms with E-state index in [1.54, 1.807) is 29.2 Å². The molecule has 3 rings (SSSR count). The van der Waals surface area contributed by atoms with E-state index >= 15 is 0 Å². The second kappa shape index (κ2) is 8.22. The van der Waals surface area contributed by atoms with Gasteiger partial charge in [0.15, 0.2) is 5.84 Å². The van der Waals surface area contributed by atoms with Gasteiger partial charge in [0.25, 0.3) is 5.91 Å². The van der Waals surface area contributed by atoms with E-state index < -0.39 is 0 Å². The summed E-state index contributed by atoms with van der Waals surface area (Å²) in [5.41, 5.74) is 2.75. The first-order valence-corrected chi connectivity index (χ1v) is 9.35. The lowest BCUT2D eigenvalue weighted by Gasteiger charge is -2.24. The Morgan fingerprint density at radius 2 is 2.03 bits per heavy atom. The van der Waals surface area contributed by atoms with Crippen LogP contribution in [0.15, 0.2) is 36.4 Å². The summed E-state index contributed by atoms with van der Waals surface area (Å²) in [6.07, 6.45) is 1.10. The third-order valence-electron chi connectivity index (χ3n) is 4.80. The lowest BCUT2D eigenvalue weighted by molar-refractivity contribution is -0.119. The summed E-state index contributed by atoms with van der Waals surface area (Å²) >= 11 is 0. The maximum atomic E-state index is 13.0. The second-order valence-corrected chi connectivity index (χ2v) is 7.10. The SMILES string of the molecule is CC(=O)NCc1cccc2c1CN(c1cccc(C(=N)N(C=N)C(C)C)n1)C2=O. The van der Waals surface area contributed by atoms with Crippen molar-refractivity contribution in [2.24, 2.45) is 0 Å². The lowest BCUT2D eigenvalue weighted by Crippen LogP contribution is -2.36. The molecule has 0 radical (unpaired) electrons. The van der Waals surface area contributed by atoms with Gasteiger partial charge in [-0.1, -0.05) is 18.2 Å². The number of nitrogens with zero attached hydrogens (tertiary/aromatic N) is 3. The fourth-order valence-corrected chi connectivity index (χ4v) is 3.28. The quantitative estimate of drug-likeness (QED) is 0.518. The van der Waals surface area contributed by atoms with Gasteiger partial charge in [-0.15, -0.1) is 0 Å². The normalized spacial score (nSPS) is 12.7. The molecule has 0 unspecified atom stereocenters. The molecule has 3 N–H and O–H groups in total. The fourth-order valence-electron chi connectivity index (χ4n) is 3.28. The van der Waals surface area contributed by atoms with Gasteiger partial charge < -0.3 is 10.2 Å². The van der Waals surface area contributed by atoms with Crippen LogP contribution >= 0.6 is 0 Å².